The topological polar surface area (TPSA) is 76.1 Å². The molecule has 1 fully saturated rings. The van der Waals surface area contributed by atoms with Crippen molar-refractivity contribution in [3.8, 4) is 0 Å². The lowest BCUT2D eigenvalue weighted by molar-refractivity contribution is 0.0601. The molecular formula is C19H25N3O3S. The largest absolute Gasteiger partial charge is 0.465 e. The van der Waals surface area contributed by atoms with E-state index in [0.717, 1.165) is 12.8 Å². The van der Waals surface area contributed by atoms with Gasteiger partial charge in [0.2, 0.25) is 0 Å². The standard InChI is InChI=1S/C19H25N3O3S/c1-18(2)9-12(10-19(3,4)21-18)22-15(23)13-7-6-11(16(24)25-5)8-14(13)20-17(22)26/h6-8,12,21H,9-10H2,1-5H3,(H,20,26). The van der Waals surface area contributed by atoms with E-state index in [9.17, 15) is 9.59 Å². The van der Waals surface area contributed by atoms with Gasteiger partial charge in [0.05, 0.1) is 23.6 Å². The van der Waals surface area contributed by atoms with Gasteiger partial charge < -0.3 is 15.0 Å². The number of carbonyl (C=O) groups excluding carboxylic acids is 1. The number of H-pyrrole nitrogens is 1. The van der Waals surface area contributed by atoms with Gasteiger partial charge >= 0.3 is 5.97 Å². The normalized spacial score (nSPS) is 19.4. The fourth-order valence-electron chi connectivity index (χ4n) is 4.26. The van der Waals surface area contributed by atoms with Crippen molar-refractivity contribution in [1.29, 1.82) is 0 Å². The maximum atomic E-state index is 13.2. The van der Waals surface area contributed by atoms with Crippen LogP contribution >= 0.6 is 12.2 Å². The Morgan fingerprint density at radius 1 is 1.23 bits per heavy atom. The molecule has 2 aromatic rings. The number of aromatic amines is 1. The first-order valence-electron chi connectivity index (χ1n) is 8.69. The van der Waals surface area contributed by atoms with Crippen molar-refractivity contribution in [3.63, 3.8) is 0 Å². The third-order valence-corrected chi connectivity index (χ3v) is 5.18. The maximum absolute atomic E-state index is 13.2. The molecule has 1 aromatic heterocycles. The monoisotopic (exact) mass is 375 g/mol. The Bertz CT molecular complexity index is 972. The molecule has 1 aliphatic heterocycles. The molecule has 0 amide bonds. The molecule has 0 radical (unpaired) electrons. The number of aromatic nitrogens is 2. The first kappa shape index (κ1) is 18.8. The lowest BCUT2D eigenvalue weighted by Gasteiger charge is -2.46. The van der Waals surface area contributed by atoms with Crippen LogP contribution in [0.4, 0.5) is 0 Å². The van der Waals surface area contributed by atoms with E-state index >= 15 is 0 Å². The van der Waals surface area contributed by atoms with Crippen LogP contribution in [-0.2, 0) is 4.74 Å². The van der Waals surface area contributed by atoms with E-state index in [1.54, 1.807) is 22.8 Å². The number of hydrogen-bond acceptors (Lipinski definition) is 5. The summed E-state index contributed by atoms with van der Waals surface area (Å²) < 4.78 is 6.81. The number of rotatable bonds is 2. The molecule has 1 saturated heterocycles. The van der Waals surface area contributed by atoms with E-state index in [4.69, 9.17) is 17.0 Å². The minimum atomic E-state index is -0.447. The molecule has 2 N–H and O–H groups in total. The molecule has 0 atom stereocenters. The Hall–Kier alpha value is -1.99. The van der Waals surface area contributed by atoms with E-state index in [-0.39, 0.29) is 22.7 Å². The Morgan fingerprint density at radius 3 is 2.42 bits per heavy atom. The van der Waals surface area contributed by atoms with Crippen LogP contribution in [0.2, 0.25) is 0 Å². The number of benzene rings is 1. The zero-order chi connectivity index (χ0) is 19.3. The lowest BCUT2D eigenvalue weighted by Crippen LogP contribution is -2.58. The van der Waals surface area contributed by atoms with Gasteiger partial charge in [-0.25, -0.2) is 4.79 Å². The van der Waals surface area contributed by atoms with Crippen molar-refractivity contribution >= 4 is 29.1 Å². The molecular weight excluding hydrogens is 350 g/mol. The number of fused-ring (bicyclic) bond motifs is 1. The van der Waals surface area contributed by atoms with Crippen molar-refractivity contribution in [3.05, 3.63) is 38.9 Å². The molecule has 7 heteroatoms. The van der Waals surface area contributed by atoms with Crippen LogP contribution in [-0.4, -0.2) is 33.7 Å². The summed E-state index contributed by atoms with van der Waals surface area (Å²) in [5.74, 6) is -0.447. The molecule has 1 aromatic carbocycles. The Balaban J connectivity index is 2.14. The number of piperidine rings is 1. The summed E-state index contributed by atoms with van der Waals surface area (Å²) in [4.78, 5) is 28.0. The van der Waals surface area contributed by atoms with Crippen LogP contribution in [0, 0.1) is 4.77 Å². The molecule has 0 unspecified atom stereocenters. The Labute approximate surface area is 157 Å². The highest BCUT2D eigenvalue weighted by molar-refractivity contribution is 7.71. The summed E-state index contributed by atoms with van der Waals surface area (Å²) in [6.07, 6.45) is 1.61. The van der Waals surface area contributed by atoms with E-state index < -0.39 is 5.97 Å². The highest BCUT2D eigenvalue weighted by Gasteiger charge is 2.39. The van der Waals surface area contributed by atoms with E-state index in [1.165, 1.54) is 7.11 Å². The molecule has 0 aliphatic carbocycles. The van der Waals surface area contributed by atoms with Gasteiger partial charge in [0.1, 0.15) is 0 Å². The molecule has 140 valence electrons. The second kappa shape index (κ2) is 6.32. The minimum Gasteiger partial charge on any atom is -0.465 e. The van der Waals surface area contributed by atoms with Gasteiger partial charge in [-0.1, -0.05) is 0 Å². The number of nitrogens with zero attached hydrogens (tertiary/aromatic N) is 1. The zero-order valence-electron chi connectivity index (χ0n) is 15.8. The number of hydrogen-bond donors (Lipinski definition) is 2. The molecule has 3 rings (SSSR count). The molecule has 2 heterocycles. The summed E-state index contributed by atoms with van der Waals surface area (Å²) in [5, 5.41) is 4.14. The van der Waals surface area contributed by atoms with Gasteiger partial charge in [-0.2, -0.15) is 0 Å². The predicted molar refractivity (Wildman–Crippen MR) is 104 cm³/mol. The molecule has 1 aliphatic rings. The smallest absolute Gasteiger partial charge is 0.337 e. The minimum absolute atomic E-state index is 0.00202. The van der Waals surface area contributed by atoms with Crippen molar-refractivity contribution in [1.82, 2.24) is 14.9 Å². The van der Waals surface area contributed by atoms with Crippen molar-refractivity contribution in [2.24, 2.45) is 0 Å². The molecule has 0 saturated carbocycles. The number of nitrogens with one attached hydrogen (secondary N) is 2. The average Bonchev–Trinajstić information content (AvgIpc) is 2.50. The van der Waals surface area contributed by atoms with Crippen molar-refractivity contribution in [2.45, 2.75) is 57.7 Å². The van der Waals surface area contributed by atoms with Crippen LogP contribution in [0.3, 0.4) is 0 Å². The van der Waals surface area contributed by atoms with Crippen LogP contribution in [0.1, 0.15) is 56.9 Å². The number of methoxy groups -OCH3 is 1. The van der Waals surface area contributed by atoms with Crippen LogP contribution in [0.5, 0.6) is 0 Å². The fourth-order valence-corrected chi connectivity index (χ4v) is 4.60. The molecule has 26 heavy (non-hydrogen) atoms. The second-order valence-electron chi connectivity index (χ2n) is 8.31. The first-order chi connectivity index (χ1) is 12.0. The van der Waals surface area contributed by atoms with E-state index in [2.05, 4.69) is 38.0 Å². The first-order valence-corrected chi connectivity index (χ1v) is 9.10. The van der Waals surface area contributed by atoms with Gasteiger partial charge in [0.25, 0.3) is 5.56 Å². The van der Waals surface area contributed by atoms with Gasteiger partial charge in [-0.05, 0) is 71.0 Å². The molecule has 0 spiro atoms. The summed E-state index contributed by atoms with van der Waals surface area (Å²) in [6, 6.07) is 4.87. The predicted octanol–water partition coefficient (Wildman–Crippen LogP) is 3.33. The number of carbonyl (C=O) groups is 1. The van der Waals surface area contributed by atoms with Crippen molar-refractivity contribution in [2.75, 3.05) is 7.11 Å². The molecule has 6 nitrogen and oxygen atoms in total. The Kier molecular flexibility index (Phi) is 4.56. The second-order valence-corrected chi connectivity index (χ2v) is 8.70. The third-order valence-electron chi connectivity index (χ3n) is 4.88. The fraction of sp³-hybridized carbons (Fsp3) is 0.526. The van der Waals surface area contributed by atoms with Crippen LogP contribution in [0.25, 0.3) is 10.9 Å². The Morgan fingerprint density at radius 2 is 1.85 bits per heavy atom. The molecule has 0 bridgehead atoms. The van der Waals surface area contributed by atoms with Gasteiger partial charge in [-0.15, -0.1) is 0 Å². The van der Waals surface area contributed by atoms with Crippen molar-refractivity contribution < 1.29 is 9.53 Å². The number of esters is 1. The highest BCUT2D eigenvalue weighted by atomic mass is 32.1. The lowest BCUT2D eigenvalue weighted by atomic mass is 9.79. The summed E-state index contributed by atoms with van der Waals surface area (Å²) in [5.41, 5.74) is 0.603. The third kappa shape index (κ3) is 3.46. The summed E-state index contributed by atoms with van der Waals surface area (Å²) in [7, 11) is 1.33. The zero-order valence-corrected chi connectivity index (χ0v) is 16.6. The summed E-state index contributed by atoms with van der Waals surface area (Å²) >= 11 is 5.51. The van der Waals surface area contributed by atoms with Gasteiger partial charge in [0, 0.05) is 17.1 Å². The summed E-state index contributed by atoms with van der Waals surface area (Å²) in [6.45, 7) is 8.57. The SMILES string of the molecule is COC(=O)c1ccc2c(=O)n(C3CC(C)(C)NC(C)(C)C3)c(=S)[nH]c2c1. The average molecular weight is 375 g/mol. The quantitative estimate of drug-likeness (QED) is 0.622. The van der Waals surface area contributed by atoms with Gasteiger partial charge in [0.15, 0.2) is 4.77 Å². The van der Waals surface area contributed by atoms with Crippen LogP contribution in [0.15, 0.2) is 23.0 Å². The highest BCUT2D eigenvalue weighted by Crippen LogP contribution is 2.35. The van der Waals surface area contributed by atoms with Crippen LogP contribution < -0.4 is 10.9 Å². The van der Waals surface area contributed by atoms with E-state index in [0.29, 0.717) is 21.2 Å². The number of ether oxygens (including phenoxy) is 1. The maximum Gasteiger partial charge on any atom is 0.337 e. The van der Waals surface area contributed by atoms with Gasteiger partial charge in [-0.3, -0.25) is 9.36 Å². The van der Waals surface area contributed by atoms with E-state index in [1.807, 2.05) is 0 Å².